The van der Waals surface area contributed by atoms with Gasteiger partial charge in [-0.25, -0.2) is 4.39 Å². The van der Waals surface area contributed by atoms with Crippen LogP contribution in [-0.2, 0) is 7.05 Å². The number of aryl methyl sites for hydroxylation is 2. The lowest BCUT2D eigenvalue weighted by Crippen LogP contribution is -2.18. The summed E-state index contributed by atoms with van der Waals surface area (Å²) >= 11 is 0. The van der Waals surface area contributed by atoms with E-state index in [2.05, 4.69) is 10.4 Å². The van der Waals surface area contributed by atoms with E-state index in [4.69, 9.17) is 0 Å². The van der Waals surface area contributed by atoms with E-state index < -0.39 is 0 Å². The fraction of sp³-hybridized carbons (Fsp3) is 0.308. The van der Waals surface area contributed by atoms with Crippen LogP contribution in [0.1, 0.15) is 22.9 Å². The number of nitrogens with one attached hydrogen (secondary N) is 1. The van der Waals surface area contributed by atoms with E-state index in [-0.39, 0.29) is 11.9 Å². The molecule has 90 valence electrons. The minimum atomic E-state index is -0.212. The van der Waals surface area contributed by atoms with Gasteiger partial charge in [0.05, 0.1) is 11.7 Å². The van der Waals surface area contributed by atoms with Gasteiger partial charge in [-0.2, -0.15) is 5.10 Å². The molecule has 1 heterocycles. The standard InChI is InChI=1S/C13H16FN3/c1-9-6-10(8-11(14)7-9)13(15-2)12-4-5-17(3)16-12/h4-8,13,15H,1-3H3. The lowest BCUT2D eigenvalue weighted by Gasteiger charge is -2.15. The van der Waals surface area contributed by atoms with E-state index >= 15 is 0 Å². The van der Waals surface area contributed by atoms with Crippen LogP contribution in [0.25, 0.3) is 0 Å². The van der Waals surface area contributed by atoms with Crippen molar-refractivity contribution >= 4 is 0 Å². The molecule has 0 bridgehead atoms. The summed E-state index contributed by atoms with van der Waals surface area (Å²) in [6, 6.07) is 6.89. The molecule has 0 aliphatic carbocycles. The maximum atomic E-state index is 13.4. The molecule has 2 rings (SSSR count). The summed E-state index contributed by atoms with van der Waals surface area (Å²) in [4.78, 5) is 0. The van der Waals surface area contributed by atoms with Crippen molar-refractivity contribution in [1.29, 1.82) is 0 Å². The molecule has 0 aliphatic heterocycles. The third-order valence-corrected chi connectivity index (χ3v) is 2.72. The topological polar surface area (TPSA) is 29.9 Å². The highest BCUT2D eigenvalue weighted by molar-refractivity contribution is 5.31. The lowest BCUT2D eigenvalue weighted by molar-refractivity contribution is 0.607. The monoisotopic (exact) mass is 233 g/mol. The van der Waals surface area contributed by atoms with Crippen LogP contribution >= 0.6 is 0 Å². The normalized spacial score (nSPS) is 12.7. The molecule has 4 heteroatoms. The maximum absolute atomic E-state index is 13.4. The van der Waals surface area contributed by atoms with Gasteiger partial charge in [0.25, 0.3) is 0 Å². The molecule has 1 unspecified atom stereocenters. The minimum absolute atomic E-state index is 0.0781. The Balaban J connectivity index is 2.41. The Morgan fingerprint density at radius 1 is 1.35 bits per heavy atom. The van der Waals surface area contributed by atoms with E-state index in [0.29, 0.717) is 0 Å². The first-order chi connectivity index (χ1) is 8.10. The Labute approximate surface area is 100 Å². The quantitative estimate of drug-likeness (QED) is 0.880. The first-order valence-corrected chi connectivity index (χ1v) is 5.54. The molecule has 1 atom stereocenters. The maximum Gasteiger partial charge on any atom is 0.123 e. The van der Waals surface area contributed by atoms with Gasteiger partial charge in [-0.1, -0.05) is 6.07 Å². The van der Waals surface area contributed by atoms with Crippen LogP contribution in [0.5, 0.6) is 0 Å². The number of halogens is 1. The highest BCUT2D eigenvalue weighted by atomic mass is 19.1. The van der Waals surface area contributed by atoms with Crippen LogP contribution in [0.15, 0.2) is 30.5 Å². The molecule has 0 saturated carbocycles. The molecule has 1 N–H and O–H groups in total. The van der Waals surface area contributed by atoms with Gasteiger partial charge >= 0.3 is 0 Å². The van der Waals surface area contributed by atoms with Gasteiger partial charge in [0.2, 0.25) is 0 Å². The van der Waals surface area contributed by atoms with Crippen molar-refractivity contribution in [3.63, 3.8) is 0 Å². The SMILES string of the molecule is CNC(c1cc(C)cc(F)c1)c1ccn(C)n1. The van der Waals surface area contributed by atoms with Crippen molar-refractivity contribution in [3.05, 3.63) is 53.1 Å². The Kier molecular flexibility index (Phi) is 3.24. The molecule has 0 amide bonds. The van der Waals surface area contributed by atoms with Crippen LogP contribution in [0.3, 0.4) is 0 Å². The van der Waals surface area contributed by atoms with E-state index in [1.54, 1.807) is 10.7 Å². The van der Waals surface area contributed by atoms with E-state index in [1.165, 1.54) is 6.07 Å². The molecule has 2 aromatic rings. The summed E-state index contributed by atoms with van der Waals surface area (Å²) in [7, 11) is 3.71. The molecular formula is C13H16FN3. The van der Waals surface area contributed by atoms with Crippen LogP contribution < -0.4 is 5.32 Å². The van der Waals surface area contributed by atoms with Gasteiger partial charge in [-0.15, -0.1) is 0 Å². The van der Waals surface area contributed by atoms with Gasteiger partial charge < -0.3 is 5.32 Å². The molecule has 3 nitrogen and oxygen atoms in total. The number of rotatable bonds is 3. The number of hydrogen-bond acceptors (Lipinski definition) is 2. The fourth-order valence-electron chi connectivity index (χ4n) is 2.00. The first-order valence-electron chi connectivity index (χ1n) is 5.54. The molecule has 17 heavy (non-hydrogen) atoms. The average Bonchev–Trinajstić information content (AvgIpc) is 2.64. The van der Waals surface area contributed by atoms with E-state index in [1.807, 2.05) is 39.3 Å². The second-order valence-electron chi connectivity index (χ2n) is 4.20. The van der Waals surface area contributed by atoms with Gasteiger partial charge in [0.15, 0.2) is 0 Å². The summed E-state index contributed by atoms with van der Waals surface area (Å²) < 4.78 is 15.1. The number of aromatic nitrogens is 2. The van der Waals surface area contributed by atoms with Crippen molar-refractivity contribution in [2.75, 3.05) is 7.05 Å². The number of nitrogens with zero attached hydrogens (tertiary/aromatic N) is 2. The van der Waals surface area contributed by atoms with E-state index in [9.17, 15) is 4.39 Å². The van der Waals surface area contributed by atoms with Crippen molar-refractivity contribution < 1.29 is 4.39 Å². The van der Waals surface area contributed by atoms with Gasteiger partial charge in [0, 0.05) is 13.2 Å². The zero-order valence-electron chi connectivity index (χ0n) is 10.2. The Bertz CT molecular complexity index is 499. The second-order valence-corrected chi connectivity index (χ2v) is 4.20. The van der Waals surface area contributed by atoms with Crippen LogP contribution in [-0.4, -0.2) is 16.8 Å². The molecule has 0 radical (unpaired) electrons. The van der Waals surface area contributed by atoms with Crippen LogP contribution in [0, 0.1) is 12.7 Å². The predicted octanol–water partition coefficient (Wildman–Crippen LogP) is 2.18. The number of benzene rings is 1. The second kappa shape index (κ2) is 4.67. The molecule has 1 aromatic heterocycles. The van der Waals surface area contributed by atoms with Gasteiger partial charge in [-0.05, 0) is 43.3 Å². The van der Waals surface area contributed by atoms with Crippen molar-refractivity contribution in [2.45, 2.75) is 13.0 Å². The summed E-state index contributed by atoms with van der Waals surface area (Å²) in [5, 5.41) is 7.51. The fourth-order valence-corrected chi connectivity index (χ4v) is 2.00. The van der Waals surface area contributed by atoms with Crippen molar-refractivity contribution in [1.82, 2.24) is 15.1 Å². The summed E-state index contributed by atoms with van der Waals surface area (Å²) in [5.74, 6) is -0.212. The van der Waals surface area contributed by atoms with Crippen LogP contribution in [0.2, 0.25) is 0 Å². The molecule has 0 fully saturated rings. The first kappa shape index (κ1) is 11.8. The highest BCUT2D eigenvalue weighted by Crippen LogP contribution is 2.22. The third-order valence-electron chi connectivity index (χ3n) is 2.72. The molecular weight excluding hydrogens is 217 g/mol. The smallest absolute Gasteiger partial charge is 0.123 e. The Hall–Kier alpha value is -1.68. The van der Waals surface area contributed by atoms with Crippen molar-refractivity contribution in [2.24, 2.45) is 7.05 Å². The number of hydrogen-bond donors (Lipinski definition) is 1. The zero-order chi connectivity index (χ0) is 12.4. The van der Waals surface area contributed by atoms with Gasteiger partial charge in [0.1, 0.15) is 5.82 Å². The van der Waals surface area contributed by atoms with E-state index in [0.717, 1.165) is 16.8 Å². The lowest BCUT2D eigenvalue weighted by atomic mass is 10.0. The highest BCUT2D eigenvalue weighted by Gasteiger charge is 2.15. The molecule has 1 aromatic carbocycles. The molecule has 0 saturated heterocycles. The Morgan fingerprint density at radius 2 is 2.12 bits per heavy atom. The van der Waals surface area contributed by atoms with Crippen molar-refractivity contribution in [3.8, 4) is 0 Å². The minimum Gasteiger partial charge on any atom is -0.308 e. The third kappa shape index (κ3) is 2.53. The summed E-state index contributed by atoms with van der Waals surface area (Å²) in [5.41, 5.74) is 2.69. The Morgan fingerprint density at radius 3 is 2.65 bits per heavy atom. The molecule has 0 aliphatic rings. The summed E-state index contributed by atoms with van der Waals surface area (Å²) in [6.45, 7) is 1.89. The summed E-state index contributed by atoms with van der Waals surface area (Å²) in [6.07, 6.45) is 1.88. The zero-order valence-corrected chi connectivity index (χ0v) is 10.2. The largest absolute Gasteiger partial charge is 0.308 e. The predicted molar refractivity (Wildman–Crippen MR) is 65.2 cm³/mol. The molecule has 0 spiro atoms. The van der Waals surface area contributed by atoms with Crippen LogP contribution in [0.4, 0.5) is 4.39 Å². The average molecular weight is 233 g/mol. The van der Waals surface area contributed by atoms with Gasteiger partial charge in [-0.3, -0.25) is 4.68 Å².